The molecule has 0 fully saturated rings. The first kappa shape index (κ1) is 72.3. The monoisotopic (exact) mass is 1360 g/mol. The van der Waals surface area contributed by atoms with Gasteiger partial charge in [-0.05, 0) is 78.4 Å². The zero-order valence-corrected chi connectivity index (χ0v) is 55.0. The number of fused-ring (bicyclic) bond motifs is 4. The number of alkyl carbamates (subject to hydrolysis) is 1. The average molecular weight is 1360 g/mol. The lowest BCUT2D eigenvalue weighted by Crippen LogP contribution is -2.46. The Labute approximate surface area is 562 Å². The van der Waals surface area contributed by atoms with Gasteiger partial charge in [-0.2, -0.15) is 0 Å². The zero-order valence-electron chi connectivity index (χ0n) is 54.3. The largest absolute Gasteiger partial charge is 0.447 e. The molecule has 0 saturated heterocycles. The highest BCUT2D eigenvalue weighted by molar-refractivity contribution is 6.19. The molecule has 32 heteroatoms. The number of primary amides is 2. The van der Waals surface area contributed by atoms with Gasteiger partial charge in [-0.25, -0.2) is 28.8 Å². The molecule has 3 atom stereocenters. The highest BCUT2D eigenvalue weighted by Crippen LogP contribution is 2.47. The summed E-state index contributed by atoms with van der Waals surface area (Å²) >= 11 is 6.66. The van der Waals surface area contributed by atoms with Crippen molar-refractivity contribution in [2.45, 2.75) is 78.0 Å². The van der Waals surface area contributed by atoms with Crippen molar-refractivity contribution >= 4 is 111 Å². The maximum Gasteiger partial charge on any atom is 0.415 e. The summed E-state index contributed by atoms with van der Waals surface area (Å²) in [7, 11) is 3.03. The van der Waals surface area contributed by atoms with Crippen molar-refractivity contribution in [3.63, 3.8) is 0 Å². The van der Waals surface area contributed by atoms with Gasteiger partial charge in [-0.15, -0.1) is 16.7 Å². The lowest BCUT2D eigenvalue weighted by atomic mass is 9.89. The van der Waals surface area contributed by atoms with Crippen LogP contribution in [0.3, 0.4) is 0 Å². The third-order valence-corrected chi connectivity index (χ3v) is 16.3. The van der Waals surface area contributed by atoms with Crippen molar-refractivity contribution in [1.29, 1.82) is 0 Å². The Balaban J connectivity index is 0.869. The zero-order chi connectivity index (χ0) is 69.9. The van der Waals surface area contributed by atoms with Crippen molar-refractivity contribution in [2.75, 3.05) is 101 Å². The molecule has 2 aliphatic rings. The number of benzene rings is 3. The van der Waals surface area contributed by atoms with E-state index >= 15 is 0 Å². The van der Waals surface area contributed by atoms with Crippen LogP contribution < -0.4 is 42.4 Å². The molecule has 0 radical (unpaired) electrons. The van der Waals surface area contributed by atoms with Crippen LogP contribution in [0.1, 0.15) is 89.5 Å². The van der Waals surface area contributed by atoms with E-state index in [9.17, 15) is 52.7 Å². The molecule has 516 valence electrons. The fourth-order valence-corrected chi connectivity index (χ4v) is 11.1. The van der Waals surface area contributed by atoms with Crippen LogP contribution in [0.25, 0.3) is 16.4 Å². The molecule has 3 aromatic carbocycles. The van der Waals surface area contributed by atoms with Gasteiger partial charge in [0.05, 0.1) is 56.5 Å². The molecular formula is C65H78ClN15O16. The number of carbonyl (C=O) groups is 11. The van der Waals surface area contributed by atoms with Gasteiger partial charge in [-0.3, -0.25) is 38.5 Å². The molecule has 31 nitrogen and oxygen atoms in total. The minimum Gasteiger partial charge on any atom is -0.447 e. The molecule has 0 bridgehead atoms. The Morgan fingerprint density at radius 2 is 1.57 bits per heavy atom. The third-order valence-electron chi connectivity index (χ3n) is 16.0. The van der Waals surface area contributed by atoms with E-state index in [0.717, 1.165) is 33.6 Å². The first-order valence-electron chi connectivity index (χ1n) is 31.3. The van der Waals surface area contributed by atoms with Crippen molar-refractivity contribution in [3.05, 3.63) is 119 Å². The number of carbonyl (C=O) groups excluding carboxylic acids is 11. The van der Waals surface area contributed by atoms with Crippen LogP contribution in [-0.4, -0.2) is 196 Å². The quantitative estimate of drug-likeness (QED) is 0.0170. The molecule has 97 heavy (non-hydrogen) atoms. The number of nitrogens with one attached hydrogen (secondary N) is 4. The van der Waals surface area contributed by atoms with E-state index < -0.39 is 83.4 Å². The Morgan fingerprint density at radius 1 is 0.814 bits per heavy atom. The minimum absolute atomic E-state index is 0.00875. The highest BCUT2D eigenvalue weighted by Gasteiger charge is 2.38. The molecular weight excluding hydrogens is 1280 g/mol. The number of Topliss-reactive ketones (excluding diaryl/α,β-unsaturated/α-hetero) is 1. The molecule has 0 aliphatic carbocycles. The molecule has 0 spiro atoms. The van der Waals surface area contributed by atoms with Gasteiger partial charge < -0.3 is 75.5 Å². The smallest absolute Gasteiger partial charge is 0.415 e. The fraction of sp³-hybridized carbons (Fsp3) is 0.415. The predicted octanol–water partition coefficient (Wildman–Crippen LogP) is 5.26. The Hall–Kier alpha value is -10.5. The number of rotatable bonds is 34. The number of nitrogens with zero attached hydrogens (tertiary/aromatic N) is 9. The molecule has 11 amide bonds. The molecule has 5 heterocycles. The summed E-state index contributed by atoms with van der Waals surface area (Å²) in [5.41, 5.74) is 14.7. The number of aromatic nitrogens is 5. The lowest BCUT2D eigenvalue weighted by molar-refractivity contribution is -0.137. The van der Waals surface area contributed by atoms with Crippen molar-refractivity contribution in [2.24, 2.45) is 23.3 Å². The summed E-state index contributed by atoms with van der Waals surface area (Å²) in [6.45, 7) is 5.92. The summed E-state index contributed by atoms with van der Waals surface area (Å²) in [5, 5.41) is 19.9. The molecule has 8 N–H and O–H groups in total. The number of likely N-dealkylation sites (N-methyl/N-ethyl adjacent to an activating group) is 1. The summed E-state index contributed by atoms with van der Waals surface area (Å²) in [6, 6.07) is 15.0. The highest BCUT2D eigenvalue weighted by atomic mass is 35.5. The van der Waals surface area contributed by atoms with Crippen LogP contribution in [0, 0.1) is 18.8 Å². The number of ketones is 1. The van der Waals surface area contributed by atoms with Crippen LogP contribution in [0.2, 0.25) is 0 Å². The number of pyridine rings is 1. The number of aryl methyl sites for hydroxylation is 1. The number of ether oxygens (including phenoxy) is 5. The number of halogens is 1. The van der Waals surface area contributed by atoms with Crippen molar-refractivity contribution in [1.82, 2.24) is 49.7 Å². The van der Waals surface area contributed by atoms with E-state index in [1.165, 1.54) is 27.7 Å². The number of anilines is 3. The normalized spacial score (nSPS) is 13.9. The maximum absolute atomic E-state index is 14.6. The van der Waals surface area contributed by atoms with Crippen LogP contribution >= 0.6 is 11.6 Å². The van der Waals surface area contributed by atoms with Crippen molar-refractivity contribution in [3.8, 4) is 5.75 Å². The number of amides is 11. The van der Waals surface area contributed by atoms with Gasteiger partial charge in [0.15, 0.2) is 11.5 Å². The van der Waals surface area contributed by atoms with E-state index in [0.29, 0.717) is 46.8 Å². The van der Waals surface area contributed by atoms with Crippen LogP contribution in [0.15, 0.2) is 91.4 Å². The van der Waals surface area contributed by atoms with E-state index in [4.69, 9.17) is 46.8 Å². The summed E-state index contributed by atoms with van der Waals surface area (Å²) in [6.07, 6.45) is 4.77. The fourth-order valence-electron chi connectivity index (χ4n) is 10.9. The second-order valence-electron chi connectivity index (χ2n) is 23.4. The first-order valence-corrected chi connectivity index (χ1v) is 31.8. The summed E-state index contributed by atoms with van der Waals surface area (Å²) < 4.78 is 30.6. The number of imide groups is 1. The van der Waals surface area contributed by atoms with Gasteiger partial charge in [0.1, 0.15) is 30.3 Å². The summed E-state index contributed by atoms with van der Waals surface area (Å²) in [5.74, 6) is -4.80. The molecule has 3 aromatic heterocycles. The summed E-state index contributed by atoms with van der Waals surface area (Å²) in [4.78, 5) is 153. The van der Waals surface area contributed by atoms with Crippen LogP contribution in [-0.2, 0) is 56.1 Å². The first-order chi connectivity index (χ1) is 46.5. The van der Waals surface area contributed by atoms with Crippen LogP contribution in [0.4, 0.5) is 36.2 Å². The Morgan fingerprint density at radius 3 is 2.28 bits per heavy atom. The van der Waals surface area contributed by atoms with Crippen molar-refractivity contribution < 1.29 is 76.4 Å². The topological polar surface area (TPSA) is 395 Å². The average Bonchev–Trinajstić information content (AvgIpc) is 1.69. The lowest BCUT2D eigenvalue weighted by Gasteiger charge is -2.26. The molecule has 2 aliphatic heterocycles. The van der Waals surface area contributed by atoms with Gasteiger partial charge in [0.2, 0.25) is 11.8 Å². The number of imidazole rings is 1. The van der Waals surface area contributed by atoms with E-state index in [1.807, 2.05) is 19.1 Å². The number of nitrogens with two attached hydrogens (primary N) is 2. The predicted molar refractivity (Wildman–Crippen MR) is 353 cm³/mol. The maximum atomic E-state index is 14.6. The number of hydrogen-bond acceptors (Lipinski definition) is 19. The minimum atomic E-state index is -1.04. The van der Waals surface area contributed by atoms with E-state index in [1.54, 1.807) is 91.2 Å². The molecule has 6 aromatic rings. The van der Waals surface area contributed by atoms with Gasteiger partial charge in [-0.1, -0.05) is 49.4 Å². The molecule has 0 saturated carbocycles. The van der Waals surface area contributed by atoms with Gasteiger partial charge >= 0.3 is 24.3 Å². The third kappa shape index (κ3) is 19.6. The SMILES string of the molecule is COCCn1cc(C(=O)Nc2ccc3nc(C(=O)N4C[C@@H](CCl)c5c4cc(OC(=O)N(CCCC(N)=O)CCN(C)C(=O)OCc4ccc(NC(=O)[C@H](CCCNC(N)=O)CC(=O)[C@@H](NC(=O)OCCOCCN6C(=O)C=CC6=O)C(C)C)cc4)c4cccc(C)c54)cn3c2)nn1. The number of alkyl halides is 1. The number of urea groups is 1. The van der Waals surface area contributed by atoms with Gasteiger partial charge in [0, 0.05) is 119 Å². The molecule has 0 unspecified atom stereocenters. The standard InChI is InChI=1S/C65H78ClN15O16/c1-39(2)58(73-63(90)95-30-29-94-28-26-80-54(84)19-20-55(80)85)50(82)31-42(10-7-21-69-62(68)89)59(86)70-44-15-13-41(14-16-44)38-96-64(91)76(4)23-24-77(22-8-12-52(67)83)65(92)97-51-32-49-57(56-40(3)9-6-11-46(51)56)43(33-66)34-81(49)61(88)48-36-78-35-45(17-18-53(78)72-48)71-60(87)47-37-79(75-74-47)25-27-93-5/h6,9,11,13-20,32,35-37,39,42-43,58H,7-8,10,12,21-31,33-34,38H2,1-5H3,(H2,67,83)(H,70,86)(H,71,87)(H,73,90)(H3,68,69,89)/t42-,43-,58+/m1/s1. The van der Waals surface area contributed by atoms with Crippen LogP contribution in [0.5, 0.6) is 5.75 Å². The van der Waals surface area contributed by atoms with E-state index in [2.05, 4.69) is 36.6 Å². The molecule has 8 rings (SSSR count). The van der Waals surface area contributed by atoms with E-state index in [-0.39, 0.29) is 127 Å². The second-order valence-corrected chi connectivity index (χ2v) is 23.7. The Kier molecular flexibility index (Phi) is 25.5. The Bertz CT molecular complexity index is 3910. The number of methoxy groups -OCH3 is 1. The number of hydrogen-bond donors (Lipinski definition) is 6. The van der Waals surface area contributed by atoms with Gasteiger partial charge in [0.25, 0.3) is 23.6 Å². The second kappa shape index (κ2) is 34.2.